The Morgan fingerprint density at radius 1 is 1.18 bits per heavy atom. The summed E-state index contributed by atoms with van der Waals surface area (Å²) in [6, 6.07) is 10.3. The molecule has 0 aliphatic rings. The van der Waals surface area contributed by atoms with Gasteiger partial charge < -0.3 is 15.8 Å². The number of quaternary nitrogens is 1. The van der Waals surface area contributed by atoms with Crippen molar-refractivity contribution in [2.24, 2.45) is 5.73 Å². The van der Waals surface area contributed by atoms with Gasteiger partial charge in [-0.3, -0.25) is 4.48 Å². The molecule has 28 heavy (non-hydrogen) atoms. The van der Waals surface area contributed by atoms with Crippen LogP contribution in [0.1, 0.15) is 60.5 Å². The second kappa shape index (κ2) is 17.3. The van der Waals surface area contributed by atoms with E-state index in [1.807, 2.05) is 45.9 Å². The van der Waals surface area contributed by atoms with Crippen LogP contribution in [0.4, 0.5) is 0 Å². The molecule has 0 amide bonds. The molecule has 0 saturated heterocycles. The average molecular weight is 393 g/mol. The summed E-state index contributed by atoms with van der Waals surface area (Å²) in [5.41, 5.74) is 7.04. The molecular weight excluding hydrogens is 346 g/mol. The zero-order valence-electron chi connectivity index (χ0n) is 19.9. The highest BCUT2D eigenvalue weighted by atomic mass is 16.5. The molecule has 2 atom stereocenters. The third-order valence-corrected chi connectivity index (χ3v) is 4.33. The summed E-state index contributed by atoms with van der Waals surface area (Å²) in [5, 5.41) is 3.45. The third-order valence-electron chi connectivity index (χ3n) is 4.33. The molecule has 0 aromatic heterocycles. The van der Waals surface area contributed by atoms with Crippen LogP contribution in [-0.2, 0) is 4.74 Å². The number of allylic oxidation sites excluding steroid dienone is 2. The predicted octanol–water partition coefficient (Wildman–Crippen LogP) is 5.56. The van der Waals surface area contributed by atoms with Crippen LogP contribution < -0.4 is 11.1 Å². The lowest BCUT2D eigenvalue weighted by molar-refractivity contribution is -0.823. The number of nitrogens with zero attached hydrogens (tertiary/aromatic N) is 1. The first kappa shape index (κ1) is 28.4. The van der Waals surface area contributed by atoms with Gasteiger partial charge in [-0.1, -0.05) is 56.7 Å². The summed E-state index contributed by atoms with van der Waals surface area (Å²) < 4.78 is 6.71. The zero-order chi connectivity index (χ0) is 22.0. The molecule has 0 spiro atoms. The monoisotopic (exact) mass is 392 g/mol. The molecule has 0 heterocycles. The molecule has 1 aromatic rings. The smallest absolute Gasteiger partial charge is 0.244 e. The number of hydrogen-bond acceptors (Lipinski definition) is 3. The van der Waals surface area contributed by atoms with Gasteiger partial charge >= 0.3 is 0 Å². The summed E-state index contributed by atoms with van der Waals surface area (Å²) >= 11 is 0. The van der Waals surface area contributed by atoms with Gasteiger partial charge in [-0.25, -0.2) is 0 Å². The first-order chi connectivity index (χ1) is 13.4. The van der Waals surface area contributed by atoms with Crippen LogP contribution in [0.15, 0.2) is 54.2 Å². The molecule has 2 unspecified atom stereocenters. The highest BCUT2D eigenvalue weighted by molar-refractivity contribution is 5.11. The van der Waals surface area contributed by atoms with E-state index in [0.29, 0.717) is 11.0 Å². The van der Waals surface area contributed by atoms with Gasteiger partial charge in [0.25, 0.3) is 0 Å². The van der Waals surface area contributed by atoms with Gasteiger partial charge in [0.15, 0.2) is 5.76 Å². The molecule has 4 heteroatoms. The Bertz CT molecular complexity index is 536. The number of nitrogens with one attached hydrogen (secondary N) is 1. The van der Waals surface area contributed by atoms with Crippen molar-refractivity contribution in [3.8, 4) is 0 Å². The normalized spacial score (nSPS) is 14.5. The summed E-state index contributed by atoms with van der Waals surface area (Å²) in [6.07, 6.45) is 5.26. The summed E-state index contributed by atoms with van der Waals surface area (Å²) in [6.45, 7) is 18.9. The average Bonchev–Trinajstić information content (AvgIpc) is 2.72. The second-order valence-electron chi connectivity index (χ2n) is 6.54. The van der Waals surface area contributed by atoms with Crippen molar-refractivity contribution in [1.82, 2.24) is 5.32 Å². The van der Waals surface area contributed by atoms with Gasteiger partial charge in [-0.15, -0.1) is 0 Å². The Hall–Kier alpha value is -1.78. The lowest BCUT2D eigenvalue weighted by atomic mass is 10.2. The topological polar surface area (TPSA) is 47.3 Å². The Labute approximate surface area is 175 Å². The third kappa shape index (κ3) is 11.2. The van der Waals surface area contributed by atoms with Crippen LogP contribution in [0.5, 0.6) is 0 Å². The zero-order valence-corrected chi connectivity index (χ0v) is 19.9. The summed E-state index contributed by atoms with van der Waals surface area (Å²) in [5.74, 6) is 2.04. The van der Waals surface area contributed by atoms with E-state index in [1.165, 1.54) is 5.56 Å². The van der Waals surface area contributed by atoms with Crippen molar-refractivity contribution in [3.05, 3.63) is 59.8 Å². The van der Waals surface area contributed by atoms with E-state index in [4.69, 9.17) is 10.5 Å². The van der Waals surface area contributed by atoms with Gasteiger partial charge in [0.2, 0.25) is 5.82 Å². The molecule has 0 aliphatic carbocycles. The van der Waals surface area contributed by atoms with E-state index in [-0.39, 0.29) is 6.10 Å². The van der Waals surface area contributed by atoms with Crippen molar-refractivity contribution in [3.63, 3.8) is 0 Å². The van der Waals surface area contributed by atoms with Gasteiger partial charge in [0, 0.05) is 20.0 Å². The molecule has 0 fully saturated rings. The van der Waals surface area contributed by atoms with E-state index in [1.54, 1.807) is 0 Å². The SMILES string of the molecule is C/C=C/[N+](C)(CC)/C(NCC)=C(\C)OC(CC)CN.CC.Cc1ccccc1. The van der Waals surface area contributed by atoms with E-state index in [2.05, 4.69) is 64.5 Å². The van der Waals surface area contributed by atoms with Crippen molar-refractivity contribution in [2.75, 3.05) is 26.7 Å². The molecule has 4 nitrogen and oxygen atoms in total. The largest absolute Gasteiger partial charge is 0.486 e. The van der Waals surface area contributed by atoms with Gasteiger partial charge in [0.05, 0.1) is 19.8 Å². The van der Waals surface area contributed by atoms with Crippen molar-refractivity contribution in [1.29, 1.82) is 0 Å². The Balaban J connectivity index is 0. The lowest BCUT2D eigenvalue weighted by Gasteiger charge is -2.32. The Morgan fingerprint density at radius 2 is 1.75 bits per heavy atom. The Morgan fingerprint density at radius 3 is 2.07 bits per heavy atom. The van der Waals surface area contributed by atoms with Crippen LogP contribution in [0.3, 0.4) is 0 Å². The number of nitrogens with two attached hydrogens (primary N) is 1. The minimum atomic E-state index is 0.0876. The number of ether oxygens (including phenoxy) is 1. The molecule has 162 valence electrons. The van der Waals surface area contributed by atoms with Gasteiger partial charge in [0.1, 0.15) is 6.10 Å². The lowest BCUT2D eigenvalue weighted by Crippen LogP contribution is -2.44. The van der Waals surface area contributed by atoms with Crippen LogP contribution >= 0.6 is 0 Å². The minimum Gasteiger partial charge on any atom is -0.486 e. The maximum Gasteiger partial charge on any atom is 0.244 e. The molecule has 0 saturated carbocycles. The molecule has 0 radical (unpaired) electrons. The molecule has 3 N–H and O–H groups in total. The fourth-order valence-electron chi connectivity index (χ4n) is 2.64. The molecule has 0 bridgehead atoms. The highest BCUT2D eigenvalue weighted by Crippen LogP contribution is 2.19. The fraction of sp³-hybridized carbons (Fsp3) is 0.583. The fourth-order valence-corrected chi connectivity index (χ4v) is 2.64. The number of aryl methyl sites for hydroxylation is 1. The molecule has 0 aliphatic heterocycles. The van der Waals surface area contributed by atoms with Crippen LogP contribution in [0, 0.1) is 6.92 Å². The molecule has 1 rings (SSSR count). The van der Waals surface area contributed by atoms with E-state index in [9.17, 15) is 0 Å². The van der Waals surface area contributed by atoms with Crippen LogP contribution in [0.2, 0.25) is 0 Å². The number of benzene rings is 1. The van der Waals surface area contributed by atoms with Gasteiger partial charge in [-0.05, 0) is 40.2 Å². The minimum absolute atomic E-state index is 0.0876. The predicted molar refractivity (Wildman–Crippen MR) is 125 cm³/mol. The Kier molecular flexibility index (Phi) is 17.6. The standard InChI is InChI=1S/C15H32N3O.C7H8.C2H6/c1-7-11-18(6,10-4)15(17-9-3)13(5)19-14(8-2)12-16;1-7-5-3-2-4-6-7;1-2/h7,11,14,17H,8-10,12,16H2,1-6H3;2-6H,1H3;1-2H3/q+1;;/b11-7+,15-13+;;. The van der Waals surface area contributed by atoms with Crippen LogP contribution in [0.25, 0.3) is 0 Å². The maximum absolute atomic E-state index is 6.00. The van der Waals surface area contributed by atoms with Crippen molar-refractivity contribution < 1.29 is 9.22 Å². The molecule has 1 aromatic carbocycles. The number of hydrogen-bond donors (Lipinski definition) is 2. The second-order valence-corrected chi connectivity index (χ2v) is 6.54. The quantitative estimate of drug-likeness (QED) is 0.427. The van der Waals surface area contributed by atoms with E-state index in [0.717, 1.165) is 31.1 Å². The summed E-state index contributed by atoms with van der Waals surface area (Å²) in [4.78, 5) is 0. The van der Waals surface area contributed by atoms with Crippen molar-refractivity contribution in [2.45, 2.75) is 67.9 Å². The van der Waals surface area contributed by atoms with Crippen molar-refractivity contribution >= 4 is 0 Å². The first-order valence-corrected chi connectivity index (χ1v) is 10.7. The van der Waals surface area contributed by atoms with E-state index >= 15 is 0 Å². The summed E-state index contributed by atoms with van der Waals surface area (Å²) in [7, 11) is 2.17. The molecular formula is C24H46N3O+. The highest BCUT2D eigenvalue weighted by Gasteiger charge is 2.27. The first-order valence-electron chi connectivity index (χ1n) is 10.7. The van der Waals surface area contributed by atoms with Gasteiger partial charge in [-0.2, -0.15) is 0 Å². The van der Waals surface area contributed by atoms with E-state index < -0.39 is 0 Å². The maximum atomic E-state index is 6.00. The van der Waals surface area contributed by atoms with Crippen LogP contribution in [-0.4, -0.2) is 37.3 Å². The number of rotatable bonds is 9.